The molecule has 0 aromatic carbocycles. The molecule has 0 aliphatic rings. The van der Waals surface area contributed by atoms with Crippen molar-refractivity contribution in [3.63, 3.8) is 0 Å². The summed E-state index contributed by atoms with van der Waals surface area (Å²) in [5.41, 5.74) is -0.851. The number of hydrogen-bond donors (Lipinski definition) is 0. The predicted molar refractivity (Wildman–Crippen MR) is 34.5 cm³/mol. The average molecular weight is 159 g/mol. The molecule has 4 heteroatoms. The van der Waals surface area contributed by atoms with Crippen LogP contribution in [0.25, 0.3) is 0 Å². The zero-order valence-electron chi connectivity index (χ0n) is 5.03. The highest BCUT2D eigenvalue weighted by Crippen LogP contribution is 1.78. The minimum atomic E-state index is -0.851. The van der Waals surface area contributed by atoms with Gasteiger partial charge in [-0.05, 0) is 0 Å². The molecule has 0 saturated heterocycles. The third-order valence-corrected chi connectivity index (χ3v) is 0.934. The Hall–Kier alpha value is -1.09. The van der Waals surface area contributed by atoms with Gasteiger partial charge < -0.3 is 0 Å². The van der Waals surface area contributed by atoms with Crippen LogP contribution in [-0.4, -0.2) is 5.43 Å². The van der Waals surface area contributed by atoms with Crippen LogP contribution in [0, 0.1) is 0 Å². The molecule has 0 radical (unpaired) electrons. The second-order valence-corrected chi connectivity index (χ2v) is 1.87. The van der Waals surface area contributed by atoms with Crippen molar-refractivity contribution in [1.29, 1.82) is 0 Å². The van der Waals surface area contributed by atoms with Gasteiger partial charge >= 0.3 is 5.43 Å². The third kappa shape index (κ3) is 2.03. The van der Waals surface area contributed by atoms with Crippen LogP contribution in [-0.2, 0) is 0 Å². The average Bonchev–Trinajstić information content (AvgIpc) is 1.88. The Labute approximate surface area is 62.8 Å². The van der Waals surface area contributed by atoms with E-state index in [1.54, 1.807) is 30.6 Å². The number of pyridine rings is 1. The van der Waals surface area contributed by atoms with Crippen molar-refractivity contribution in [3.8, 4) is 0 Å². The lowest BCUT2D eigenvalue weighted by Gasteiger charge is -1.86. The molecule has 1 rings (SSSR count). The van der Waals surface area contributed by atoms with Gasteiger partial charge in [0.05, 0.1) is 0 Å². The fourth-order valence-electron chi connectivity index (χ4n) is 0.527. The van der Waals surface area contributed by atoms with Crippen molar-refractivity contribution in [1.82, 2.24) is 0 Å². The van der Waals surface area contributed by atoms with Gasteiger partial charge in [-0.1, -0.05) is 6.07 Å². The standard InChI is InChI=1S/C6H5ClNO2/c7-6(9)10-8-4-2-1-3-5-8/h1-5H/q+1. The van der Waals surface area contributed by atoms with E-state index in [1.165, 1.54) is 4.73 Å². The molecule has 0 atom stereocenters. The molecule has 0 spiro atoms. The minimum absolute atomic E-state index is 0.851. The summed E-state index contributed by atoms with van der Waals surface area (Å²) in [4.78, 5) is 14.6. The molecule has 0 aliphatic carbocycles. The van der Waals surface area contributed by atoms with Crippen molar-refractivity contribution in [2.24, 2.45) is 0 Å². The van der Waals surface area contributed by atoms with Crippen LogP contribution in [0.1, 0.15) is 0 Å². The Balaban J connectivity index is 2.67. The number of carbonyl (C=O) groups excluding carboxylic acids is 1. The van der Waals surface area contributed by atoms with Crippen LogP contribution in [0.15, 0.2) is 30.6 Å². The Bertz CT molecular complexity index is 224. The lowest BCUT2D eigenvalue weighted by Crippen LogP contribution is -2.42. The highest BCUT2D eigenvalue weighted by atomic mass is 35.5. The van der Waals surface area contributed by atoms with E-state index in [0.717, 1.165) is 0 Å². The highest BCUT2D eigenvalue weighted by molar-refractivity contribution is 6.61. The zero-order valence-corrected chi connectivity index (χ0v) is 5.78. The quantitative estimate of drug-likeness (QED) is 0.446. The molecule has 1 aromatic rings. The van der Waals surface area contributed by atoms with Crippen LogP contribution in [0.4, 0.5) is 4.79 Å². The summed E-state index contributed by atoms with van der Waals surface area (Å²) >= 11 is 4.93. The molecule has 0 amide bonds. The molecule has 0 unspecified atom stereocenters. The van der Waals surface area contributed by atoms with E-state index in [-0.39, 0.29) is 0 Å². The van der Waals surface area contributed by atoms with Crippen LogP contribution in [0.5, 0.6) is 0 Å². The highest BCUT2D eigenvalue weighted by Gasteiger charge is 2.03. The number of nitrogens with zero attached hydrogens (tertiary/aromatic N) is 1. The monoisotopic (exact) mass is 158 g/mol. The maximum atomic E-state index is 10.1. The molecule has 3 nitrogen and oxygen atoms in total. The zero-order chi connectivity index (χ0) is 7.40. The minimum Gasteiger partial charge on any atom is -0.224 e. The van der Waals surface area contributed by atoms with Crippen molar-refractivity contribution in [2.75, 3.05) is 0 Å². The van der Waals surface area contributed by atoms with Crippen molar-refractivity contribution >= 4 is 17.0 Å². The van der Waals surface area contributed by atoms with E-state index in [0.29, 0.717) is 0 Å². The Morgan fingerprint density at radius 1 is 1.30 bits per heavy atom. The van der Waals surface area contributed by atoms with Crippen LogP contribution >= 0.6 is 11.6 Å². The van der Waals surface area contributed by atoms with Crippen LogP contribution in [0.3, 0.4) is 0 Å². The summed E-state index contributed by atoms with van der Waals surface area (Å²) in [5.74, 6) is 0. The molecule has 0 fully saturated rings. The maximum Gasteiger partial charge on any atom is 0.473 e. The van der Waals surface area contributed by atoms with E-state index in [9.17, 15) is 4.79 Å². The maximum absolute atomic E-state index is 10.1. The predicted octanol–water partition coefficient (Wildman–Crippen LogP) is 0.762. The summed E-state index contributed by atoms with van der Waals surface area (Å²) in [6.07, 6.45) is 3.14. The van der Waals surface area contributed by atoms with Gasteiger partial charge in [0.15, 0.2) is 0 Å². The first-order valence-electron chi connectivity index (χ1n) is 2.63. The molecule has 1 heterocycles. The Kier molecular flexibility index (Phi) is 2.23. The molecule has 0 N–H and O–H groups in total. The number of carbonyl (C=O) groups is 1. The van der Waals surface area contributed by atoms with Gasteiger partial charge in [-0.3, -0.25) is 0 Å². The Morgan fingerprint density at radius 3 is 2.40 bits per heavy atom. The van der Waals surface area contributed by atoms with Gasteiger partial charge in [-0.25, -0.2) is 4.79 Å². The summed E-state index contributed by atoms with van der Waals surface area (Å²) in [6.45, 7) is 0. The fraction of sp³-hybridized carbons (Fsp3) is 0. The van der Waals surface area contributed by atoms with Gasteiger partial charge in [0, 0.05) is 28.5 Å². The fourth-order valence-corrected chi connectivity index (χ4v) is 0.606. The lowest BCUT2D eigenvalue weighted by molar-refractivity contribution is -0.866. The van der Waals surface area contributed by atoms with Crippen molar-refractivity contribution in [3.05, 3.63) is 30.6 Å². The van der Waals surface area contributed by atoms with Gasteiger partial charge in [-0.15, -0.1) is 0 Å². The summed E-state index contributed by atoms with van der Waals surface area (Å²) in [7, 11) is 0. The van der Waals surface area contributed by atoms with E-state index in [2.05, 4.69) is 4.84 Å². The van der Waals surface area contributed by atoms with Crippen LogP contribution < -0.4 is 9.57 Å². The summed E-state index contributed by atoms with van der Waals surface area (Å²) in [5, 5.41) is 0. The first-order valence-corrected chi connectivity index (χ1v) is 3.01. The lowest BCUT2D eigenvalue weighted by atomic mass is 10.5. The number of rotatable bonds is 1. The van der Waals surface area contributed by atoms with E-state index < -0.39 is 5.43 Å². The number of aromatic nitrogens is 1. The van der Waals surface area contributed by atoms with Gasteiger partial charge in [0.1, 0.15) is 0 Å². The SMILES string of the molecule is O=C(Cl)O[n+]1ccccc1. The van der Waals surface area contributed by atoms with E-state index in [4.69, 9.17) is 11.6 Å². The molecular weight excluding hydrogens is 154 g/mol. The first-order chi connectivity index (χ1) is 4.79. The number of halogens is 1. The first kappa shape index (κ1) is 7.02. The molecule has 0 aliphatic heterocycles. The van der Waals surface area contributed by atoms with Crippen molar-refractivity contribution < 1.29 is 14.4 Å². The smallest absolute Gasteiger partial charge is 0.224 e. The second kappa shape index (κ2) is 3.17. The van der Waals surface area contributed by atoms with Gasteiger partial charge in [-0.2, -0.15) is 4.84 Å². The largest absolute Gasteiger partial charge is 0.473 e. The van der Waals surface area contributed by atoms with E-state index in [1.807, 2.05) is 0 Å². The Morgan fingerprint density at radius 2 is 1.90 bits per heavy atom. The molecule has 10 heavy (non-hydrogen) atoms. The molecule has 1 aromatic heterocycles. The van der Waals surface area contributed by atoms with E-state index >= 15 is 0 Å². The molecule has 52 valence electrons. The third-order valence-electron chi connectivity index (χ3n) is 0.865. The molecule has 0 saturated carbocycles. The second-order valence-electron chi connectivity index (χ2n) is 1.56. The van der Waals surface area contributed by atoms with Crippen LogP contribution in [0.2, 0.25) is 0 Å². The van der Waals surface area contributed by atoms with Gasteiger partial charge in [0.25, 0.3) is 0 Å². The van der Waals surface area contributed by atoms with Gasteiger partial charge in [0.2, 0.25) is 12.4 Å². The molecule has 0 bridgehead atoms. The molecular formula is C6H5ClNO2+. The summed E-state index contributed by atoms with van der Waals surface area (Å²) < 4.78 is 1.22. The summed E-state index contributed by atoms with van der Waals surface area (Å²) in [6, 6.07) is 5.25. The topological polar surface area (TPSA) is 30.2 Å². The number of hydrogen-bond acceptors (Lipinski definition) is 2. The normalized spacial score (nSPS) is 8.90. The van der Waals surface area contributed by atoms with Crippen molar-refractivity contribution in [2.45, 2.75) is 0 Å².